The molecular weight excluding hydrogens is 366 g/mol. The number of carbonyl (C=O) groups is 1. The summed E-state index contributed by atoms with van der Waals surface area (Å²) in [5.41, 5.74) is 1.81. The lowest BCUT2D eigenvalue weighted by atomic mass is 9.84. The minimum absolute atomic E-state index is 0.159. The van der Waals surface area contributed by atoms with Crippen molar-refractivity contribution < 1.29 is 14.6 Å². The molecule has 3 aromatic heterocycles. The number of H-pyrrole nitrogens is 1. The van der Waals surface area contributed by atoms with E-state index in [1.807, 2.05) is 12.1 Å². The Balaban J connectivity index is 1.96. The van der Waals surface area contributed by atoms with Gasteiger partial charge in [-0.2, -0.15) is 9.47 Å². The maximum Gasteiger partial charge on any atom is 0.313 e. The van der Waals surface area contributed by atoms with Crippen LogP contribution in [0.2, 0.25) is 0 Å². The Morgan fingerprint density at radius 2 is 2.30 bits per heavy atom. The molecular formula is C18H21N5O3S. The molecule has 1 unspecified atom stereocenters. The average molecular weight is 387 g/mol. The molecule has 0 spiro atoms. The van der Waals surface area contributed by atoms with E-state index in [0.29, 0.717) is 31.0 Å². The number of ether oxygens (including phenoxy) is 1. The van der Waals surface area contributed by atoms with Gasteiger partial charge in [-0.3, -0.25) is 9.89 Å². The number of hydrogen-bond acceptors (Lipinski definition) is 7. The fourth-order valence-electron chi connectivity index (χ4n) is 3.27. The molecule has 0 saturated carbocycles. The SMILES string of the molecule is CC1COCCN1c1cc(C(C)(C)C(=O)O)c2snc(-c3ccn[nH]3)c2n1. The number of nitrogens with zero attached hydrogens (tertiary/aromatic N) is 4. The summed E-state index contributed by atoms with van der Waals surface area (Å²) >= 11 is 1.27. The second-order valence-electron chi connectivity index (χ2n) is 7.25. The van der Waals surface area contributed by atoms with Crippen molar-refractivity contribution in [2.24, 2.45) is 0 Å². The second kappa shape index (κ2) is 6.58. The van der Waals surface area contributed by atoms with Crippen LogP contribution in [0.15, 0.2) is 18.3 Å². The molecule has 4 heterocycles. The molecule has 4 rings (SSSR count). The molecule has 8 nitrogen and oxygen atoms in total. The van der Waals surface area contributed by atoms with Crippen molar-refractivity contribution in [3.8, 4) is 11.4 Å². The molecule has 1 fully saturated rings. The Labute approximate surface area is 160 Å². The first-order valence-corrected chi connectivity index (χ1v) is 9.55. The van der Waals surface area contributed by atoms with E-state index in [2.05, 4.69) is 26.4 Å². The number of rotatable bonds is 4. The smallest absolute Gasteiger partial charge is 0.313 e. The van der Waals surface area contributed by atoms with Gasteiger partial charge in [0.05, 0.1) is 35.1 Å². The maximum absolute atomic E-state index is 12.0. The Hall–Kier alpha value is -2.52. The molecule has 142 valence electrons. The first kappa shape index (κ1) is 17.9. The lowest BCUT2D eigenvalue weighted by Crippen LogP contribution is -2.44. The van der Waals surface area contributed by atoms with Crippen LogP contribution >= 0.6 is 11.5 Å². The summed E-state index contributed by atoms with van der Waals surface area (Å²) in [5, 5.41) is 16.7. The van der Waals surface area contributed by atoms with Gasteiger partial charge in [0.2, 0.25) is 0 Å². The molecule has 1 atom stereocenters. The van der Waals surface area contributed by atoms with Crippen molar-refractivity contribution in [1.82, 2.24) is 19.6 Å². The number of pyridine rings is 1. The van der Waals surface area contributed by atoms with E-state index in [-0.39, 0.29) is 6.04 Å². The van der Waals surface area contributed by atoms with Crippen LogP contribution in [0.3, 0.4) is 0 Å². The largest absolute Gasteiger partial charge is 0.481 e. The molecule has 27 heavy (non-hydrogen) atoms. The van der Waals surface area contributed by atoms with E-state index >= 15 is 0 Å². The number of anilines is 1. The zero-order chi connectivity index (χ0) is 19.2. The van der Waals surface area contributed by atoms with Crippen molar-refractivity contribution in [3.63, 3.8) is 0 Å². The predicted octanol–water partition coefficient (Wildman–Crippen LogP) is 2.67. The van der Waals surface area contributed by atoms with Crippen LogP contribution in [0, 0.1) is 0 Å². The number of aromatic nitrogens is 4. The van der Waals surface area contributed by atoms with Crippen LogP contribution in [-0.2, 0) is 14.9 Å². The third kappa shape index (κ3) is 2.96. The van der Waals surface area contributed by atoms with Gasteiger partial charge < -0.3 is 14.7 Å². The fraction of sp³-hybridized carbons (Fsp3) is 0.444. The number of nitrogens with one attached hydrogen (secondary N) is 1. The first-order valence-electron chi connectivity index (χ1n) is 8.78. The molecule has 3 aromatic rings. The van der Waals surface area contributed by atoms with Crippen molar-refractivity contribution in [2.75, 3.05) is 24.7 Å². The molecule has 0 aliphatic carbocycles. The summed E-state index contributed by atoms with van der Waals surface area (Å²) in [6.45, 7) is 7.46. The standard InChI is InChI=1S/C18H21N5O3S/c1-10-9-26-7-6-23(10)13-8-11(18(2,3)17(24)25)16-15(20-13)14(22-27-16)12-4-5-19-21-12/h4-5,8,10H,6-7,9H2,1-3H3,(H,19,21)(H,24,25). The number of carboxylic acid groups (broad SMARTS) is 1. The van der Waals surface area contributed by atoms with Crippen molar-refractivity contribution >= 4 is 33.5 Å². The van der Waals surface area contributed by atoms with Crippen molar-refractivity contribution in [1.29, 1.82) is 0 Å². The lowest BCUT2D eigenvalue weighted by Gasteiger charge is -2.35. The van der Waals surface area contributed by atoms with E-state index in [1.165, 1.54) is 11.5 Å². The fourth-order valence-corrected chi connectivity index (χ4v) is 4.27. The molecule has 1 saturated heterocycles. The van der Waals surface area contributed by atoms with Gasteiger partial charge in [-0.1, -0.05) is 0 Å². The number of hydrogen-bond donors (Lipinski definition) is 2. The second-order valence-corrected chi connectivity index (χ2v) is 8.03. The molecule has 2 N–H and O–H groups in total. The predicted molar refractivity (Wildman–Crippen MR) is 103 cm³/mol. The molecule has 0 bridgehead atoms. The maximum atomic E-state index is 12.0. The summed E-state index contributed by atoms with van der Waals surface area (Å²) in [7, 11) is 0. The van der Waals surface area contributed by atoms with E-state index in [1.54, 1.807) is 20.0 Å². The zero-order valence-electron chi connectivity index (χ0n) is 15.4. The Morgan fingerprint density at radius 1 is 1.48 bits per heavy atom. The van der Waals surface area contributed by atoms with Crippen molar-refractivity contribution in [2.45, 2.75) is 32.2 Å². The summed E-state index contributed by atoms with van der Waals surface area (Å²) in [4.78, 5) is 19.0. The van der Waals surface area contributed by atoms with Crippen LogP contribution in [0.25, 0.3) is 21.6 Å². The zero-order valence-corrected chi connectivity index (χ0v) is 16.2. The Bertz CT molecular complexity index is 982. The summed E-state index contributed by atoms with van der Waals surface area (Å²) in [6.07, 6.45) is 1.66. The molecule has 0 radical (unpaired) electrons. The molecule has 1 aliphatic heterocycles. The van der Waals surface area contributed by atoms with Gasteiger partial charge in [0, 0.05) is 12.7 Å². The number of aromatic amines is 1. The highest BCUT2D eigenvalue weighted by atomic mass is 32.1. The highest BCUT2D eigenvalue weighted by molar-refractivity contribution is 7.13. The Kier molecular flexibility index (Phi) is 4.35. The average Bonchev–Trinajstić information content (AvgIpc) is 3.30. The third-order valence-electron chi connectivity index (χ3n) is 5.04. The number of carboxylic acids is 1. The molecule has 0 aromatic carbocycles. The summed E-state index contributed by atoms with van der Waals surface area (Å²) < 4.78 is 10.9. The van der Waals surface area contributed by atoms with Crippen molar-refractivity contribution in [3.05, 3.63) is 23.9 Å². The van der Waals surface area contributed by atoms with Gasteiger partial charge in [0.15, 0.2) is 0 Å². The van der Waals surface area contributed by atoms with E-state index in [0.717, 1.165) is 21.8 Å². The van der Waals surface area contributed by atoms with E-state index < -0.39 is 11.4 Å². The summed E-state index contributed by atoms with van der Waals surface area (Å²) in [5.74, 6) is -0.129. The van der Waals surface area contributed by atoms with Crippen LogP contribution in [0.4, 0.5) is 5.82 Å². The van der Waals surface area contributed by atoms with Gasteiger partial charge in [-0.25, -0.2) is 4.98 Å². The van der Waals surface area contributed by atoms with Gasteiger partial charge in [0.1, 0.15) is 17.0 Å². The highest BCUT2D eigenvalue weighted by Crippen LogP contribution is 2.39. The number of aliphatic carboxylic acids is 1. The van der Waals surface area contributed by atoms with Crippen LogP contribution in [-0.4, -0.2) is 56.4 Å². The topological polar surface area (TPSA) is 104 Å². The quantitative estimate of drug-likeness (QED) is 0.709. The minimum Gasteiger partial charge on any atom is -0.481 e. The van der Waals surface area contributed by atoms with Gasteiger partial charge >= 0.3 is 5.97 Å². The van der Waals surface area contributed by atoms with Gasteiger partial charge in [-0.15, -0.1) is 0 Å². The van der Waals surface area contributed by atoms with Gasteiger partial charge in [-0.05, 0) is 50.0 Å². The van der Waals surface area contributed by atoms with Crippen LogP contribution in [0.1, 0.15) is 26.3 Å². The molecule has 9 heteroatoms. The van der Waals surface area contributed by atoms with E-state index in [9.17, 15) is 9.90 Å². The monoisotopic (exact) mass is 387 g/mol. The third-order valence-corrected chi connectivity index (χ3v) is 5.91. The highest BCUT2D eigenvalue weighted by Gasteiger charge is 2.34. The minimum atomic E-state index is -1.07. The summed E-state index contributed by atoms with van der Waals surface area (Å²) in [6, 6.07) is 3.89. The normalized spacial score (nSPS) is 18.2. The van der Waals surface area contributed by atoms with Crippen LogP contribution < -0.4 is 4.90 Å². The molecule has 0 amide bonds. The number of fused-ring (bicyclic) bond motifs is 1. The van der Waals surface area contributed by atoms with Crippen LogP contribution in [0.5, 0.6) is 0 Å². The van der Waals surface area contributed by atoms with E-state index in [4.69, 9.17) is 9.72 Å². The molecule has 1 aliphatic rings. The lowest BCUT2D eigenvalue weighted by molar-refractivity contribution is -0.142. The first-order chi connectivity index (χ1) is 12.9. The Morgan fingerprint density at radius 3 is 2.96 bits per heavy atom. The van der Waals surface area contributed by atoms with Gasteiger partial charge in [0.25, 0.3) is 0 Å². The number of morpholine rings is 1.